The Morgan fingerprint density at radius 2 is 1.71 bits per heavy atom. The first-order chi connectivity index (χ1) is 7.89. The summed E-state index contributed by atoms with van der Waals surface area (Å²) >= 11 is 0. The van der Waals surface area contributed by atoms with Crippen molar-refractivity contribution < 1.29 is 0 Å². The van der Waals surface area contributed by atoms with Gasteiger partial charge in [-0.15, -0.1) is 0 Å². The van der Waals surface area contributed by atoms with Gasteiger partial charge in [0.1, 0.15) is 0 Å². The zero-order chi connectivity index (χ0) is 12.9. The summed E-state index contributed by atoms with van der Waals surface area (Å²) in [5, 5.41) is 3.59. The fraction of sp³-hybridized carbons (Fsp3) is 1.00. The minimum Gasteiger partial charge on any atom is -0.316 e. The summed E-state index contributed by atoms with van der Waals surface area (Å²) in [5.41, 5.74) is 0.380. The van der Waals surface area contributed by atoms with Crippen molar-refractivity contribution in [3.05, 3.63) is 0 Å². The zero-order valence-corrected chi connectivity index (χ0v) is 12.4. The Morgan fingerprint density at radius 1 is 1.12 bits per heavy atom. The molecule has 1 heterocycles. The molecule has 1 aliphatic heterocycles. The number of likely N-dealkylation sites (N-methyl/N-ethyl adjacent to an activating group) is 1. The Labute approximate surface area is 108 Å². The predicted molar refractivity (Wildman–Crippen MR) is 75.4 cm³/mol. The molecule has 1 rings (SSSR count). The van der Waals surface area contributed by atoms with Crippen LogP contribution in [-0.2, 0) is 0 Å². The summed E-state index contributed by atoms with van der Waals surface area (Å²) in [4.78, 5) is 5.03. The highest BCUT2D eigenvalue weighted by Gasteiger charge is 2.23. The molecule has 0 radical (unpaired) electrons. The maximum Gasteiger partial charge on any atom is 0.0110 e. The minimum atomic E-state index is 0.380. The van der Waals surface area contributed by atoms with Gasteiger partial charge in [-0.3, -0.25) is 0 Å². The van der Waals surface area contributed by atoms with Crippen molar-refractivity contribution in [2.75, 3.05) is 52.9 Å². The molecule has 0 bridgehead atoms. The van der Waals surface area contributed by atoms with Crippen LogP contribution in [0.4, 0.5) is 0 Å². The van der Waals surface area contributed by atoms with Crippen LogP contribution in [0.15, 0.2) is 0 Å². The number of piperazine rings is 1. The van der Waals surface area contributed by atoms with Gasteiger partial charge >= 0.3 is 0 Å². The lowest BCUT2D eigenvalue weighted by Gasteiger charge is -2.38. The van der Waals surface area contributed by atoms with E-state index in [9.17, 15) is 0 Å². The molecule has 17 heavy (non-hydrogen) atoms. The third-order valence-corrected chi connectivity index (χ3v) is 3.40. The fourth-order valence-electron chi connectivity index (χ4n) is 2.37. The van der Waals surface area contributed by atoms with E-state index in [4.69, 9.17) is 0 Å². The Bertz CT molecular complexity index is 206. The summed E-state index contributed by atoms with van der Waals surface area (Å²) in [7, 11) is 2.21. The summed E-state index contributed by atoms with van der Waals surface area (Å²) < 4.78 is 0. The third kappa shape index (κ3) is 6.39. The summed E-state index contributed by atoms with van der Waals surface area (Å²) in [5.74, 6) is 0.745. The Kier molecular flexibility index (Phi) is 5.90. The largest absolute Gasteiger partial charge is 0.316 e. The van der Waals surface area contributed by atoms with Crippen LogP contribution in [0.1, 0.15) is 27.7 Å². The monoisotopic (exact) mass is 241 g/mol. The molecule has 0 aromatic carbocycles. The Balaban J connectivity index is 2.23. The van der Waals surface area contributed by atoms with Crippen LogP contribution in [0, 0.1) is 11.3 Å². The molecule has 0 unspecified atom stereocenters. The van der Waals surface area contributed by atoms with Gasteiger partial charge < -0.3 is 15.1 Å². The van der Waals surface area contributed by atoms with E-state index in [0.717, 1.165) is 19.0 Å². The molecule has 0 saturated carbocycles. The maximum absolute atomic E-state index is 3.59. The number of hydrogen-bond acceptors (Lipinski definition) is 3. The maximum atomic E-state index is 3.59. The van der Waals surface area contributed by atoms with Crippen LogP contribution in [-0.4, -0.2) is 62.7 Å². The van der Waals surface area contributed by atoms with Gasteiger partial charge in [-0.2, -0.15) is 0 Å². The first-order valence-corrected chi connectivity index (χ1v) is 7.01. The molecule has 1 aliphatic rings. The van der Waals surface area contributed by atoms with Gasteiger partial charge in [0.25, 0.3) is 0 Å². The number of hydrogen-bond donors (Lipinski definition) is 1. The van der Waals surface area contributed by atoms with Crippen molar-refractivity contribution in [2.45, 2.75) is 27.7 Å². The van der Waals surface area contributed by atoms with Gasteiger partial charge in [0.05, 0.1) is 0 Å². The Hall–Kier alpha value is -0.120. The van der Waals surface area contributed by atoms with Crippen LogP contribution in [0.3, 0.4) is 0 Å². The molecule has 1 saturated heterocycles. The second-order valence-electron chi connectivity index (χ2n) is 6.77. The van der Waals surface area contributed by atoms with E-state index in [1.54, 1.807) is 0 Å². The summed E-state index contributed by atoms with van der Waals surface area (Å²) in [6.45, 7) is 17.6. The molecule has 1 N–H and O–H groups in total. The van der Waals surface area contributed by atoms with E-state index in [1.807, 2.05) is 0 Å². The van der Waals surface area contributed by atoms with E-state index in [-0.39, 0.29) is 0 Å². The molecule has 0 spiro atoms. The smallest absolute Gasteiger partial charge is 0.0110 e. The molecular formula is C14H31N3. The van der Waals surface area contributed by atoms with E-state index in [1.165, 1.54) is 32.7 Å². The van der Waals surface area contributed by atoms with Gasteiger partial charge in [-0.05, 0) is 24.9 Å². The second kappa shape index (κ2) is 6.72. The van der Waals surface area contributed by atoms with Crippen LogP contribution >= 0.6 is 0 Å². The van der Waals surface area contributed by atoms with Crippen LogP contribution in [0.25, 0.3) is 0 Å². The SMILES string of the molecule is CC(C)CNCC(C)(C)CN1CCN(C)CC1. The highest BCUT2D eigenvalue weighted by Crippen LogP contribution is 2.17. The molecule has 0 aliphatic carbocycles. The quantitative estimate of drug-likeness (QED) is 0.760. The van der Waals surface area contributed by atoms with Gasteiger partial charge in [-0.1, -0.05) is 27.7 Å². The van der Waals surface area contributed by atoms with Crippen molar-refractivity contribution in [1.29, 1.82) is 0 Å². The number of rotatable bonds is 6. The molecule has 3 nitrogen and oxygen atoms in total. The topological polar surface area (TPSA) is 18.5 Å². The number of nitrogens with one attached hydrogen (secondary N) is 1. The molecule has 0 amide bonds. The molecule has 0 aromatic heterocycles. The van der Waals surface area contributed by atoms with Gasteiger partial charge in [0.15, 0.2) is 0 Å². The van der Waals surface area contributed by atoms with Crippen molar-refractivity contribution in [2.24, 2.45) is 11.3 Å². The third-order valence-electron chi connectivity index (χ3n) is 3.40. The average Bonchev–Trinajstić information content (AvgIpc) is 2.20. The fourth-order valence-corrected chi connectivity index (χ4v) is 2.37. The highest BCUT2D eigenvalue weighted by atomic mass is 15.2. The first-order valence-electron chi connectivity index (χ1n) is 7.01. The number of nitrogens with zero attached hydrogens (tertiary/aromatic N) is 2. The van der Waals surface area contributed by atoms with Gasteiger partial charge in [-0.25, -0.2) is 0 Å². The lowest BCUT2D eigenvalue weighted by molar-refractivity contribution is 0.110. The van der Waals surface area contributed by atoms with E-state index in [0.29, 0.717) is 5.41 Å². The van der Waals surface area contributed by atoms with E-state index < -0.39 is 0 Å². The first kappa shape index (κ1) is 14.9. The van der Waals surface area contributed by atoms with Crippen LogP contribution in [0.5, 0.6) is 0 Å². The lowest BCUT2D eigenvalue weighted by atomic mass is 9.92. The van der Waals surface area contributed by atoms with Gasteiger partial charge in [0.2, 0.25) is 0 Å². The van der Waals surface area contributed by atoms with Crippen molar-refractivity contribution >= 4 is 0 Å². The normalized spacial score (nSPS) is 20.1. The second-order valence-corrected chi connectivity index (χ2v) is 6.77. The molecular weight excluding hydrogens is 210 g/mol. The minimum absolute atomic E-state index is 0.380. The van der Waals surface area contributed by atoms with Crippen LogP contribution in [0.2, 0.25) is 0 Å². The lowest BCUT2D eigenvalue weighted by Crippen LogP contribution is -2.49. The van der Waals surface area contributed by atoms with E-state index >= 15 is 0 Å². The van der Waals surface area contributed by atoms with Crippen LogP contribution < -0.4 is 5.32 Å². The van der Waals surface area contributed by atoms with Crippen molar-refractivity contribution in [3.8, 4) is 0 Å². The average molecular weight is 241 g/mol. The van der Waals surface area contributed by atoms with Crippen molar-refractivity contribution in [1.82, 2.24) is 15.1 Å². The standard InChI is InChI=1S/C14H31N3/c1-13(2)10-15-11-14(3,4)12-17-8-6-16(5)7-9-17/h13,15H,6-12H2,1-5H3. The Morgan fingerprint density at radius 3 is 2.24 bits per heavy atom. The molecule has 0 aromatic rings. The molecule has 0 atom stereocenters. The zero-order valence-electron chi connectivity index (χ0n) is 12.4. The molecule has 3 heteroatoms. The van der Waals surface area contributed by atoms with Gasteiger partial charge in [0, 0.05) is 39.3 Å². The summed E-state index contributed by atoms with van der Waals surface area (Å²) in [6.07, 6.45) is 0. The van der Waals surface area contributed by atoms with Crippen molar-refractivity contribution in [3.63, 3.8) is 0 Å². The highest BCUT2D eigenvalue weighted by molar-refractivity contribution is 4.79. The predicted octanol–water partition coefficient (Wildman–Crippen LogP) is 1.51. The van der Waals surface area contributed by atoms with E-state index in [2.05, 4.69) is 49.9 Å². The molecule has 1 fully saturated rings. The summed E-state index contributed by atoms with van der Waals surface area (Å²) in [6, 6.07) is 0. The molecule has 102 valence electrons.